The fraction of sp³-hybridized carbons (Fsp3) is 0.562. The van der Waals surface area contributed by atoms with Crippen LogP contribution in [0.15, 0.2) is 24.3 Å². The number of hydrogen-bond donors (Lipinski definition) is 1. The Kier molecular flexibility index (Phi) is 5.01. The molecule has 2 rings (SSSR count). The van der Waals surface area contributed by atoms with E-state index in [1.165, 1.54) is 13.1 Å². The summed E-state index contributed by atoms with van der Waals surface area (Å²) >= 11 is 0. The number of carbonyl (C=O) groups is 1. The fourth-order valence-electron chi connectivity index (χ4n) is 2.63. The van der Waals surface area contributed by atoms with Crippen LogP contribution in [0.2, 0.25) is 0 Å². The van der Waals surface area contributed by atoms with Gasteiger partial charge in [0.25, 0.3) is 0 Å². The summed E-state index contributed by atoms with van der Waals surface area (Å²) in [6.45, 7) is 8.64. The van der Waals surface area contributed by atoms with E-state index in [9.17, 15) is 4.79 Å². The maximum atomic E-state index is 10.9. The molecule has 0 bridgehead atoms. The molecule has 0 saturated carbocycles. The van der Waals surface area contributed by atoms with Gasteiger partial charge in [-0.05, 0) is 36.5 Å². The Bertz CT molecular complexity index is 451. The van der Waals surface area contributed by atoms with Crippen LogP contribution in [0.25, 0.3) is 0 Å². The molecule has 1 aromatic rings. The highest BCUT2D eigenvalue weighted by atomic mass is 16.5. The minimum absolute atomic E-state index is 0.268. The zero-order valence-electron chi connectivity index (χ0n) is 12.2. The predicted molar refractivity (Wildman–Crippen MR) is 78.3 cm³/mol. The zero-order chi connectivity index (χ0) is 14.5. The van der Waals surface area contributed by atoms with E-state index >= 15 is 0 Å². The van der Waals surface area contributed by atoms with Crippen LogP contribution in [0.3, 0.4) is 0 Å². The Balaban J connectivity index is 1.71. The Morgan fingerprint density at radius 1 is 1.35 bits per heavy atom. The lowest BCUT2D eigenvalue weighted by atomic mass is 10.0. The van der Waals surface area contributed by atoms with Crippen molar-refractivity contribution in [2.75, 3.05) is 26.2 Å². The van der Waals surface area contributed by atoms with Gasteiger partial charge in [0, 0.05) is 19.6 Å². The molecule has 4 heteroatoms. The van der Waals surface area contributed by atoms with Gasteiger partial charge in [-0.25, -0.2) is 4.79 Å². The van der Waals surface area contributed by atoms with E-state index in [1.54, 1.807) is 24.3 Å². The SMILES string of the molecule is CC1CN(CCCOc2cccc(C(=O)O)c2)CC1C. The van der Waals surface area contributed by atoms with E-state index in [0.29, 0.717) is 12.4 Å². The lowest BCUT2D eigenvalue weighted by Crippen LogP contribution is -2.23. The molecule has 1 N–H and O–H groups in total. The second-order valence-corrected chi connectivity index (χ2v) is 5.75. The second-order valence-electron chi connectivity index (χ2n) is 5.75. The topological polar surface area (TPSA) is 49.8 Å². The lowest BCUT2D eigenvalue weighted by Gasteiger charge is -2.15. The zero-order valence-corrected chi connectivity index (χ0v) is 12.2. The highest BCUT2D eigenvalue weighted by molar-refractivity contribution is 5.87. The monoisotopic (exact) mass is 277 g/mol. The summed E-state index contributed by atoms with van der Waals surface area (Å²) in [5, 5.41) is 8.91. The molecule has 2 unspecified atom stereocenters. The fourth-order valence-corrected chi connectivity index (χ4v) is 2.63. The van der Waals surface area contributed by atoms with Gasteiger partial charge in [-0.15, -0.1) is 0 Å². The Morgan fingerprint density at radius 3 is 2.70 bits per heavy atom. The maximum Gasteiger partial charge on any atom is 0.335 e. The summed E-state index contributed by atoms with van der Waals surface area (Å²) < 4.78 is 5.62. The molecule has 0 radical (unpaired) electrons. The van der Waals surface area contributed by atoms with Crippen LogP contribution in [0.1, 0.15) is 30.6 Å². The summed E-state index contributed by atoms with van der Waals surface area (Å²) in [5.74, 6) is 1.27. The van der Waals surface area contributed by atoms with Gasteiger partial charge in [-0.3, -0.25) is 0 Å². The molecule has 1 fully saturated rings. The molecule has 1 saturated heterocycles. The molecular weight excluding hydrogens is 254 g/mol. The highest BCUT2D eigenvalue weighted by Crippen LogP contribution is 2.22. The quantitative estimate of drug-likeness (QED) is 0.812. The summed E-state index contributed by atoms with van der Waals surface area (Å²) in [6.07, 6.45) is 0.969. The van der Waals surface area contributed by atoms with Crippen molar-refractivity contribution in [3.63, 3.8) is 0 Å². The van der Waals surface area contributed by atoms with Gasteiger partial charge >= 0.3 is 5.97 Å². The van der Waals surface area contributed by atoms with Gasteiger partial charge in [0.05, 0.1) is 12.2 Å². The Morgan fingerprint density at radius 2 is 2.05 bits per heavy atom. The maximum absolute atomic E-state index is 10.9. The van der Waals surface area contributed by atoms with Gasteiger partial charge in [0.2, 0.25) is 0 Å². The third-order valence-corrected chi connectivity index (χ3v) is 4.03. The molecule has 110 valence electrons. The number of benzene rings is 1. The first kappa shape index (κ1) is 14.9. The molecule has 0 aromatic heterocycles. The van der Waals surface area contributed by atoms with Crippen molar-refractivity contribution in [1.29, 1.82) is 0 Å². The van der Waals surface area contributed by atoms with E-state index in [0.717, 1.165) is 24.8 Å². The van der Waals surface area contributed by atoms with E-state index in [1.807, 2.05) is 0 Å². The van der Waals surface area contributed by atoms with Crippen LogP contribution in [0.5, 0.6) is 5.75 Å². The van der Waals surface area contributed by atoms with Crippen LogP contribution in [-0.4, -0.2) is 42.2 Å². The van der Waals surface area contributed by atoms with Gasteiger partial charge in [-0.2, -0.15) is 0 Å². The van der Waals surface area contributed by atoms with Crippen LogP contribution in [0.4, 0.5) is 0 Å². The van der Waals surface area contributed by atoms with Crippen molar-refractivity contribution in [1.82, 2.24) is 4.90 Å². The molecule has 4 nitrogen and oxygen atoms in total. The average Bonchev–Trinajstić information content (AvgIpc) is 2.74. The average molecular weight is 277 g/mol. The molecule has 1 heterocycles. The number of carboxylic acid groups (broad SMARTS) is 1. The standard InChI is InChI=1S/C16H23NO3/c1-12-10-17(11-13(12)2)7-4-8-20-15-6-3-5-14(9-15)16(18)19/h3,5-6,9,12-13H,4,7-8,10-11H2,1-2H3,(H,18,19). The molecule has 1 aromatic carbocycles. The van der Waals surface area contributed by atoms with Crippen LogP contribution >= 0.6 is 0 Å². The van der Waals surface area contributed by atoms with Crippen LogP contribution in [-0.2, 0) is 0 Å². The molecule has 2 atom stereocenters. The van der Waals surface area contributed by atoms with Crippen LogP contribution in [0, 0.1) is 11.8 Å². The third-order valence-electron chi connectivity index (χ3n) is 4.03. The molecular formula is C16H23NO3. The van der Waals surface area contributed by atoms with E-state index in [2.05, 4.69) is 18.7 Å². The molecule has 0 aliphatic carbocycles. The lowest BCUT2D eigenvalue weighted by molar-refractivity contribution is 0.0696. The summed E-state index contributed by atoms with van der Waals surface area (Å²) in [4.78, 5) is 13.3. The van der Waals surface area contributed by atoms with E-state index in [4.69, 9.17) is 9.84 Å². The number of ether oxygens (including phenoxy) is 1. The number of rotatable bonds is 6. The highest BCUT2D eigenvalue weighted by Gasteiger charge is 2.25. The second kappa shape index (κ2) is 6.75. The first-order chi connectivity index (χ1) is 9.56. The number of nitrogens with zero attached hydrogens (tertiary/aromatic N) is 1. The van der Waals surface area contributed by atoms with Gasteiger partial charge in [0.1, 0.15) is 5.75 Å². The summed E-state index contributed by atoms with van der Waals surface area (Å²) in [6, 6.07) is 6.65. The number of hydrogen-bond acceptors (Lipinski definition) is 3. The Hall–Kier alpha value is -1.55. The van der Waals surface area contributed by atoms with Gasteiger partial charge in [-0.1, -0.05) is 19.9 Å². The van der Waals surface area contributed by atoms with Crippen molar-refractivity contribution < 1.29 is 14.6 Å². The minimum atomic E-state index is -0.921. The predicted octanol–water partition coefficient (Wildman–Crippen LogP) is 2.74. The van der Waals surface area contributed by atoms with Gasteiger partial charge < -0.3 is 14.7 Å². The third kappa shape index (κ3) is 3.97. The number of aromatic carboxylic acids is 1. The van der Waals surface area contributed by atoms with E-state index < -0.39 is 5.97 Å². The summed E-state index contributed by atoms with van der Waals surface area (Å²) in [7, 11) is 0. The molecule has 1 aliphatic rings. The van der Waals surface area contributed by atoms with Crippen molar-refractivity contribution in [3.8, 4) is 5.75 Å². The molecule has 1 aliphatic heterocycles. The van der Waals surface area contributed by atoms with Crippen molar-refractivity contribution >= 4 is 5.97 Å². The van der Waals surface area contributed by atoms with Crippen LogP contribution < -0.4 is 4.74 Å². The number of likely N-dealkylation sites (tertiary alicyclic amines) is 1. The number of carboxylic acids is 1. The smallest absolute Gasteiger partial charge is 0.335 e. The molecule has 0 spiro atoms. The normalized spacial score (nSPS) is 22.9. The van der Waals surface area contributed by atoms with Gasteiger partial charge in [0.15, 0.2) is 0 Å². The molecule has 20 heavy (non-hydrogen) atoms. The summed E-state index contributed by atoms with van der Waals surface area (Å²) in [5.41, 5.74) is 0.268. The minimum Gasteiger partial charge on any atom is -0.494 e. The first-order valence-corrected chi connectivity index (χ1v) is 7.25. The van der Waals surface area contributed by atoms with Crippen molar-refractivity contribution in [3.05, 3.63) is 29.8 Å². The Labute approximate surface area is 120 Å². The van der Waals surface area contributed by atoms with Crippen molar-refractivity contribution in [2.45, 2.75) is 20.3 Å². The first-order valence-electron chi connectivity index (χ1n) is 7.25. The van der Waals surface area contributed by atoms with E-state index in [-0.39, 0.29) is 5.56 Å². The molecule has 0 amide bonds. The van der Waals surface area contributed by atoms with Crippen molar-refractivity contribution in [2.24, 2.45) is 11.8 Å². The largest absolute Gasteiger partial charge is 0.494 e.